The number of carbonyl (C=O) groups excluding carboxylic acids is 1. The number of unbranched alkanes of at least 4 members (excludes halogenated alkanes) is 1. The molecule has 0 amide bonds. The first-order valence-electron chi connectivity index (χ1n) is 14.5. The van der Waals surface area contributed by atoms with Crippen LogP contribution >= 0.6 is 15.9 Å². The molecular weight excluding hydrogens is 568 g/mol. The van der Waals surface area contributed by atoms with Crippen LogP contribution in [0.5, 0.6) is 0 Å². The summed E-state index contributed by atoms with van der Waals surface area (Å²) in [6, 6.07) is 27.6. The van der Waals surface area contributed by atoms with Crippen LogP contribution in [0.2, 0.25) is 0 Å². The lowest BCUT2D eigenvalue weighted by molar-refractivity contribution is -0.139. The number of ether oxygens (including phenoxy) is 1. The lowest BCUT2D eigenvalue weighted by Gasteiger charge is -2.23. The lowest BCUT2D eigenvalue weighted by atomic mass is 9.80. The van der Waals surface area contributed by atoms with Crippen molar-refractivity contribution in [1.82, 2.24) is 0 Å². The van der Waals surface area contributed by atoms with Gasteiger partial charge in [0, 0.05) is 20.9 Å². The average Bonchev–Trinajstić information content (AvgIpc) is 3.31. The molecule has 0 aliphatic heterocycles. The molecule has 6 rings (SSSR count). The fourth-order valence-corrected chi connectivity index (χ4v) is 7.09. The Morgan fingerprint density at radius 1 is 0.707 bits per heavy atom. The van der Waals surface area contributed by atoms with Crippen LogP contribution in [0, 0.1) is 0 Å². The number of carbonyl (C=O) groups is 1. The zero-order valence-electron chi connectivity index (χ0n) is 24.7. The minimum absolute atomic E-state index is 0.0423. The van der Waals surface area contributed by atoms with Crippen LogP contribution < -0.4 is 0 Å². The molecule has 0 unspecified atom stereocenters. The van der Waals surface area contributed by atoms with Crippen LogP contribution in [0.1, 0.15) is 75.3 Å². The van der Waals surface area contributed by atoms with E-state index in [9.17, 15) is 4.79 Å². The summed E-state index contributed by atoms with van der Waals surface area (Å²) in [5, 5.41) is 0. The highest BCUT2D eigenvalue weighted by molar-refractivity contribution is 9.10. The second kappa shape index (κ2) is 10.1. The monoisotopic (exact) mass is 604 g/mol. The Morgan fingerprint density at radius 2 is 1.20 bits per heavy atom. The molecule has 2 aliphatic carbocycles. The lowest BCUT2D eigenvalue weighted by Crippen LogP contribution is -2.15. The largest absolute Gasteiger partial charge is 0.462 e. The van der Waals surface area contributed by atoms with Gasteiger partial charge in [-0.15, -0.1) is 0 Å². The van der Waals surface area contributed by atoms with E-state index in [0.29, 0.717) is 12.2 Å². The molecule has 0 N–H and O–H groups in total. The summed E-state index contributed by atoms with van der Waals surface area (Å²) in [4.78, 5) is 11.6. The summed E-state index contributed by atoms with van der Waals surface area (Å²) in [5.41, 5.74) is 15.1. The molecule has 2 aliphatic rings. The zero-order valence-corrected chi connectivity index (χ0v) is 26.2. The molecule has 4 aromatic rings. The van der Waals surface area contributed by atoms with Crippen LogP contribution in [0.3, 0.4) is 0 Å². The fourth-order valence-electron chi connectivity index (χ4n) is 6.73. The maximum Gasteiger partial charge on any atom is 0.333 e. The van der Waals surface area contributed by atoms with Crippen molar-refractivity contribution >= 4 is 21.9 Å². The van der Waals surface area contributed by atoms with Crippen molar-refractivity contribution in [2.45, 2.75) is 64.7 Å². The van der Waals surface area contributed by atoms with Gasteiger partial charge in [-0.1, -0.05) is 98.7 Å². The van der Waals surface area contributed by atoms with Gasteiger partial charge in [0.05, 0.1) is 6.61 Å². The Bertz CT molecular complexity index is 1720. The quantitative estimate of drug-likeness (QED) is 0.119. The maximum absolute atomic E-state index is 11.6. The minimum Gasteiger partial charge on any atom is -0.462 e. The summed E-state index contributed by atoms with van der Waals surface area (Å²) < 4.78 is 6.38. The van der Waals surface area contributed by atoms with Gasteiger partial charge in [0.1, 0.15) is 0 Å². The summed E-state index contributed by atoms with van der Waals surface area (Å²) in [7, 11) is 0. The van der Waals surface area contributed by atoms with Crippen molar-refractivity contribution in [1.29, 1.82) is 0 Å². The van der Waals surface area contributed by atoms with E-state index < -0.39 is 0 Å². The van der Waals surface area contributed by atoms with E-state index in [1.165, 1.54) is 61.2 Å². The highest BCUT2D eigenvalue weighted by atomic mass is 79.9. The number of esters is 1. The van der Waals surface area contributed by atoms with E-state index in [1.54, 1.807) is 6.92 Å². The van der Waals surface area contributed by atoms with Gasteiger partial charge in [-0.3, -0.25) is 0 Å². The Labute approximate surface area is 252 Å². The standard InChI is InChI=1S/C38H37BrO2/c1-23(2)36(40)41-18-8-7-9-24-10-14-28-29-15-11-25(20-33(29)37(3,4)32(28)19-24)26-12-16-30-31-17-13-27(39)22-35(31)38(5,6)34(30)21-26/h10-17,19-22H,1,7-9,18H2,2-6H3. The predicted molar refractivity (Wildman–Crippen MR) is 173 cm³/mol. The first-order chi connectivity index (χ1) is 19.5. The van der Waals surface area contributed by atoms with E-state index in [1.807, 2.05) is 0 Å². The van der Waals surface area contributed by atoms with Gasteiger partial charge in [0.25, 0.3) is 0 Å². The summed E-state index contributed by atoms with van der Waals surface area (Å²) in [5.74, 6) is -0.302. The van der Waals surface area contributed by atoms with Gasteiger partial charge in [0.15, 0.2) is 0 Å². The van der Waals surface area contributed by atoms with Gasteiger partial charge in [-0.05, 0) is 112 Å². The average molecular weight is 606 g/mol. The van der Waals surface area contributed by atoms with Gasteiger partial charge >= 0.3 is 5.97 Å². The Hall–Kier alpha value is -3.43. The summed E-state index contributed by atoms with van der Waals surface area (Å²) >= 11 is 3.68. The van der Waals surface area contributed by atoms with Crippen molar-refractivity contribution in [3.8, 4) is 33.4 Å². The molecular formula is C38H37BrO2. The molecule has 3 heteroatoms. The van der Waals surface area contributed by atoms with Crippen LogP contribution in [0.25, 0.3) is 33.4 Å². The first-order valence-corrected chi connectivity index (χ1v) is 15.3. The van der Waals surface area contributed by atoms with Crippen LogP contribution in [-0.4, -0.2) is 12.6 Å². The molecule has 4 aromatic carbocycles. The Balaban J connectivity index is 1.25. The molecule has 0 heterocycles. The van der Waals surface area contributed by atoms with E-state index in [-0.39, 0.29) is 16.8 Å². The SMILES string of the molecule is C=C(C)C(=O)OCCCCc1ccc2c(c1)C(C)(C)c1cc(-c3ccc4c(c3)C(C)(C)c3cc(Br)ccc3-4)ccc1-2. The third-order valence-corrected chi connectivity index (χ3v) is 9.65. The number of rotatable bonds is 7. The second-order valence-corrected chi connectivity index (χ2v) is 13.6. The van der Waals surface area contributed by atoms with Gasteiger partial charge < -0.3 is 4.74 Å². The molecule has 0 saturated heterocycles. The van der Waals surface area contributed by atoms with Crippen LogP contribution in [-0.2, 0) is 26.8 Å². The molecule has 0 saturated carbocycles. The number of hydrogen-bond acceptors (Lipinski definition) is 2. The summed E-state index contributed by atoms with van der Waals surface area (Å²) in [6.07, 6.45) is 2.80. The molecule has 0 aromatic heterocycles. The Kier molecular flexibility index (Phi) is 6.85. The van der Waals surface area contributed by atoms with E-state index in [2.05, 4.69) is 123 Å². The van der Waals surface area contributed by atoms with Gasteiger partial charge in [-0.25, -0.2) is 4.79 Å². The molecule has 208 valence electrons. The smallest absolute Gasteiger partial charge is 0.333 e. The van der Waals surface area contributed by atoms with Crippen molar-refractivity contribution in [3.05, 3.63) is 117 Å². The highest BCUT2D eigenvalue weighted by Gasteiger charge is 2.37. The number of halogens is 1. The second-order valence-electron chi connectivity index (χ2n) is 12.7. The highest BCUT2D eigenvalue weighted by Crippen LogP contribution is 2.52. The molecule has 0 radical (unpaired) electrons. The first kappa shape index (κ1) is 27.7. The third-order valence-electron chi connectivity index (χ3n) is 9.15. The molecule has 0 bridgehead atoms. The normalized spacial score (nSPS) is 15.1. The molecule has 41 heavy (non-hydrogen) atoms. The molecule has 0 fully saturated rings. The third kappa shape index (κ3) is 4.69. The van der Waals surface area contributed by atoms with Crippen molar-refractivity contribution in [3.63, 3.8) is 0 Å². The molecule has 0 spiro atoms. The number of fused-ring (bicyclic) bond motifs is 6. The van der Waals surface area contributed by atoms with Gasteiger partial charge in [0.2, 0.25) is 0 Å². The van der Waals surface area contributed by atoms with Crippen LogP contribution in [0.4, 0.5) is 0 Å². The molecule has 2 nitrogen and oxygen atoms in total. The van der Waals surface area contributed by atoms with E-state index >= 15 is 0 Å². The fraction of sp³-hybridized carbons (Fsp3) is 0.289. The topological polar surface area (TPSA) is 26.3 Å². The number of hydrogen-bond donors (Lipinski definition) is 0. The Morgan fingerprint density at radius 3 is 1.76 bits per heavy atom. The van der Waals surface area contributed by atoms with Crippen molar-refractivity contribution in [2.24, 2.45) is 0 Å². The summed E-state index contributed by atoms with van der Waals surface area (Å²) in [6.45, 7) is 15.1. The zero-order chi connectivity index (χ0) is 29.1. The molecule has 0 atom stereocenters. The van der Waals surface area contributed by atoms with E-state index in [0.717, 1.165) is 23.7 Å². The number of benzene rings is 4. The minimum atomic E-state index is -0.302. The number of aryl methyl sites for hydroxylation is 1. The van der Waals surface area contributed by atoms with E-state index in [4.69, 9.17) is 4.74 Å². The van der Waals surface area contributed by atoms with Crippen molar-refractivity contribution < 1.29 is 9.53 Å². The van der Waals surface area contributed by atoms with Crippen LogP contribution in [0.15, 0.2) is 89.4 Å². The predicted octanol–water partition coefficient (Wildman–Crippen LogP) is 10.2. The van der Waals surface area contributed by atoms with Crippen molar-refractivity contribution in [2.75, 3.05) is 6.61 Å². The maximum atomic E-state index is 11.6. The van der Waals surface area contributed by atoms with Gasteiger partial charge in [-0.2, -0.15) is 0 Å².